The predicted octanol–water partition coefficient (Wildman–Crippen LogP) is 2.54. The topological polar surface area (TPSA) is 64.3 Å². The highest BCUT2D eigenvalue weighted by molar-refractivity contribution is 5.88. The number of rotatable bonds is 4. The maximum atomic E-state index is 11.9. The second-order valence-corrected chi connectivity index (χ2v) is 5.50. The van der Waals surface area contributed by atoms with Gasteiger partial charge in [0.15, 0.2) is 0 Å². The van der Waals surface area contributed by atoms with Crippen LogP contribution in [0.5, 0.6) is 5.75 Å². The molecule has 104 valence electrons. The van der Waals surface area contributed by atoms with Crippen LogP contribution in [0.25, 0.3) is 0 Å². The number of primary amides is 1. The van der Waals surface area contributed by atoms with Gasteiger partial charge in [0.05, 0.1) is 7.11 Å². The summed E-state index contributed by atoms with van der Waals surface area (Å²) in [5, 5.41) is 3.34. The molecule has 1 amide bonds. The summed E-state index contributed by atoms with van der Waals surface area (Å²) < 4.78 is 5.20. The molecule has 0 radical (unpaired) electrons. The molecule has 1 aromatic rings. The van der Waals surface area contributed by atoms with Gasteiger partial charge in [0, 0.05) is 11.8 Å². The van der Waals surface area contributed by atoms with E-state index >= 15 is 0 Å². The van der Waals surface area contributed by atoms with Gasteiger partial charge in [-0.25, -0.2) is 0 Å². The molecule has 1 saturated carbocycles. The van der Waals surface area contributed by atoms with Crippen molar-refractivity contribution >= 4 is 11.6 Å². The largest absolute Gasteiger partial charge is 0.497 e. The van der Waals surface area contributed by atoms with Gasteiger partial charge in [-0.15, -0.1) is 0 Å². The number of anilines is 1. The fourth-order valence-corrected chi connectivity index (χ4v) is 2.93. The smallest absolute Gasteiger partial charge is 0.243 e. The second kappa shape index (κ2) is 5.51. The first kappa shape index (κ1) is 13.7. The highest BCUT2D eigenvalue weighted by Crippen LogP contribution is 2.35. The Balaban J connectivity index is 2.23. The standard InChI is InChI=1S/C15H22N2O2/c1-11-5-4-8-15(10-11,14(16)18)17-12-6-3-7-13(9-12)19-2/h3,6-7,9,11,17H,4-5,8,10H2,1-2H3,(H2,16,18). The molecule has 2 unspecified atom stereocenters. The molecular weight excluding hydrogens is 240 g/mol. The molecule has 1 aliphatic rings. The highest BCUT2D eigenvalue weighted by atomic mass is 16.5. The third-order valence-corrected chi connectivity index (χ3v) is 3.92. The van der Waals surface area contributed by atoms with Crippen molar-refractivity contribution in [2.45, 2.75) is 38.1 Å². The molecule has 1 fully saturated rings. The lowest BCUT2D eigenvalue weighted by atomic mass is 9.75. The van der Waals surface area contributed by atoms with E-state index in [-0.39, 0.29) is 5.91 Å². The third-order valence-electron chi connectivity index (χ3n) is 3.92. The lowest BCUT2D eigenvalue weighted by Crippen LogP contribution is -2.53. The molecule has 19 heavy (non-hydrogen) atoms. The number of carbonyl (C=O) groups is 1. The first-order valence-electron chi connectivity index (χ1n) is 6.78. The fourth-order valence-electron chi connectivity index (χ4n) is 2.93. The summed E-state index contributed by atoms with van der Waals surface area (Å²) in [5.74, 6) is 1.02. The minimum atomic E-state index is -0.621. The van der Waals surface area contributed by atoms with Gasteiger partial charge in [-0.3, -0.25) is 4.79 Å². The Bertz CT molecular complexity index is 461. The number of benzene rings is 1. The van der Waals surface area contributed by atoms with Crippen molar-refractivity contribution in [2.75, 3.05) is 12.4 Å². The molecule has 1 aromatic carbocycles. The van der Waals surface area contributed by atoms with Gasteiger partial charge in [-0.2, -0.15) is 0 Å². The zero-order valence-corrected chi connectivity index (χ0v) is 11.6. The predicted molar refractivity (Wildman–Crippen MR) is 76.2 cm³/mol. The summed E-state index contributed by atoms with van der Waals surface area (Å²) in [5.41, 5.74) is 5.91. The average molecular weight is 262 g/mol. The van der Waals surface area contributed by atoms with E-state index in [1.807, 2.05) is 24.3 Å². The Labute approximate surface area is 114 Å². The number of nitrogens with one attached hydrogen (secondary N) is 1. The molecule has 1 aliphatic carbocycles. The molecular formula is C15H22N2O2. The van der Waals surface area contributed by atoms with Crippen molar-refractivity contribution < 1.29 is 9.53 Å². The van der Waals surface area contributed by atoms with E-state index in [0.717, 1.165) is 37.1 Å². The van der Waals surface area contributed by atoms with Crippen LogP contribution >= 0.6 is 0 Å². The summed E-state index contributed by atoms with van der Waals surface area (Å²) in [7, 11) is 1.63. The molecule has 2 atom stereocenters. The van der Waals surface area contributed by atoms with Crippen LogP contribution < -0.4 is 15.8 Å². The van der Waals surface area contributed by atoms with Gasteiger partial charge in [-0.05, 0) is 30.9 Å². The third kappa shape index (κ3) is 3.00. The Kier molecular flexibility index (Phi) is 3.98. The first-order valence-corrected chi connectivity index (χ1v) is 6.78. The molecule has 4 nitrogen and oxygen atoms in total. The van der Waals surface area contributed by atoms with Gasteiger partial charge in [0.25, 0.3) is 0 Å². The minimum absolute atomic E-state index is 0.262. The Morgan fingerprint density at radius 1 is 1.53 bits per heavy atom. The van der Waals surface area contributed by atoms with Crippen molar-refractivity contribution in [1.29, 1.82) is 0 Å². The van der Waals surface area contributed by atoms with Gasteiger partial charge in [0.2, 0.25) is 5.91 Å². The Morgan fingerprint density at radius 2 is 2.32 bits per heavy atom. The Morgan fingerprint density at radius 3 is 2.95 bits per heavy atom. The van der Waals surface area contributed by atoms with E-state index in [4.69, 9.17) is 10.5 Å². The van der Waals surface area contributed by atoms with Crippen LogP contribution in [-0.2, 0) is 4.79 Å². The van der Waals surface area contributed by atoms with Crippen molar-refractivity contribution in [3.63, 3.8) is 0 Å². The van der Waals surface area contributed by atoms with Crippen LogP contribution in [-0.4, -0.2) is 18.6 Å². The maximum Gasteiger partial charge on any atom is 0.243 e. The van der Waals surface area contributed by atoms with E-state index in [1.165, 1.54) is 0 Å². The van der Waals surface area contributed by atoms with Crippen LogP contribution in [0.4, 0.5) is 5.69 Å². The van der Waals surface area contributed by atoms with Crippen LogP contribution in [0.2, 0.25) is 0 Å². The van der Waals surface area contributed by atoms with Gasteiger partial charge < -0.3 is 15.8 Å². The van der Waals surface area contributed by atoms with E-state index < -0.39 is 5.54 Å². The lowest BCUT2D eigenvalue weighted by Gasteiger charge is -2.38. The van der Waals surface area contributed by atoms with Gasteiger partial charge >= 0.3 is 0 Å². The molecule has 0 bridgehead atoms. The lowest BCUT2D eigenvalue weighted by molar-refractivity contribution is -0.123. The van der Waals surface area contributed by atoms with Crippen molar-refractivity contribution in [1.82, 2.24) is 0 Å². The average Bonchev–Trinajstić information content (AvgIpc) is 2.38. The molecule has 0 saturated heterocycles. The highest BCUT2D eigenvalue weighted by Gasteiger charge is 2.40. The van der Waals surface area contributed by atoms with E-state index in [0.29, 0.717) is 5.92 Å². The number of ether oxygens (including phenoxy) is 1. The summed E-state index contributed by atoms with van der Waals surface area (Å²) in [6.45, 7) is 2.17. The molecule has 0 spiro atoms. The molecule has 0 heterocycles. The number of carbonyl (C=O) groups excluding carboxylic acids is 1. The Hall–Kier alpha value is -1.71. The molecule has 4 heteroatoms. The van der Waals surface area contributed by atoms with Crippen LogP contribution in [0.15, 0.2) is 24.3 Å². The number of hydrogen-bond donors (Lipinski definition) is 2. The quantitative estimate of drug-likeness (QED) is 0.876. The second-order valence-electron chi connectivity index (χ2n) is 5.50. The molecule has 2 rings (SSSR count). The van der Waals surface area contributed by atoms with Crippen molar-refractivity contribution in [2.24, 2.45) is 11.7 Å². The minimum Gasteiger partial charge on any atom is -0.497 e. The van der Waals surface area contributed by atoms with E-state index in [1.54, 1.807) is 7.11 Å². The first-order chi connectivity index (χ1) is 9.05. The SMILES string of the molecule is COc1cccc(NC2(C(N)=O)CCCC(C)C2)c1. The molecule has 0 aliphatic heterocycles. The monoisotopic (exact) mass is 262 g/mol. The van der Waals surface area contributed by atoms with Gasteiger partial charge in [-0.1, -0.05) is 25.8 Å². The summed E-state index contributed by atoms with van der Waals surface area (Å²) >= 11 is 0. The molecule has 0 aromatic heterocycles. The summed E-state index contributed by atoms with van der Waals surface area (Å²) in [6, 6.07) is 7.62. The van der Waals surface area contributed by atoms with E-state index in [2.05, 4.69) is 12.2 Å². The summed E-state index contributed by atoms with van der Waals surface area (Å²) in [4.78, 5) is 11.9. The van der Waals surface area contributed by atoms with Crippen LogP contribution in [0, 0.1) is 5.92 Å². The molecule has 3 N–H and O–H groups in total. The van der Waals surface area contributed by atoms with Crippen molar-refractivity contribution in [3.05, 3.63) is 24.3 Å². The number of hydrogen-bond acceptors (Lipinski definition) is 3. The van der Waals surface area contributed by atoms with Crippen molar-refractivity contribution in [3.8, 4) is 5.75 Å². The van der Waals surface area contributed by atoms with Gasteiger partial charge in [0.1, 0.15) is 11.3 Å². The maximum absolute atomic E-state index is 11.9. The van der Waals surface area contributed by atoms with Crippen LogP contribution in [0.1, 0.15) is 32.6 Å². The number of amides is 1. The zero-order chi connectivity index (χ0) is 13.9. The fraction of sp³-hybridized carbons (Fsp3) is 0.533. The zero-order valence-electron chi connectivity index (χ0n) is 11.6. The number of methoxy groups -OCH3 is 1. The van der Waals surface area contributed by atoms with Crippen LogP contribution in [0.3, 0.4) is 0 Å². The summed E-state index contributed by atoms with van der Waals surface area (Å²) in [6.07, 6.45) is 3.78. The normalized spacial score (nSPS) is 26.7. The number of nitrogens with two attached hydrogens (primary N) is 1. The van der Waals surface area contributed by atoms with E-state index in [9.17, 15) is 4.79 Å².